The van der Waals surface area contributed by atoms with E-state index >= 15 is 0 Å². The van der Waals surface area contributed by atoms with Crippen molar-refractivity contribution in [3.8, 4) is 16.4 Å². The first kappa shape index (κ1) is 17.4. The predicted molar refractivity (Wildman–Crippen MR) is 108 cm³/mol. The SMILES string of the molecule is Cc1[nH]n(-c2nc(-c3ccccc3)cs2)c(=O)c1N=Nc1ccc(Cl)cc1. The van der Waals surface area contributed by atoms with Crippen molar-refractivity contribution in [3.05, 3.63) is 81.0 Å². The third-order valence-electron chi connectivity index (χ3n) is 3.89. The largest absolute Gasteiger partial charge is 0.301 e. The van der Waals surface area contributed by atoms with Gasteiger partial charge in [-0.25, -0.2) is 4.98 Å². The molecule has 0 saturated heterocycles. The third kappa shape index (κ3) is 3.60. The van der Waals surface area contributed by atoms with Crippen molar-refractivity contribution >= 4 is 34.3 Å². The molecule has 6 nitrogen and oxygen atoms in total. The first-order valence-electron chi connectivity index (χ1n) is 8.12. The number of azo groups is 1. The Hall–Kier alpha value is -3.03. The van der Waals surface area contributed by atoms with Gasteiger partial charge in [-0.15, -0.1) is 16.5 Å². The van der Waals surface area contributed by atoms with Crippen molar-refractivity contribution in [1.29, 1.82) is 0 Å². The standard InChI is InChI=1S/C19H14ClN5OS/c1-12-17(23-22-15-9-7-14(20)8-10-15)18(26)25(24-12)19-21-16(11-27-19)13-5-3-2-4-6-13/h2-11,24H,1H3. The zero-order valence-electron chi connectivity index (χ0n) is 14.3. The summed E-state index contributed by atoms with van der Waals surface area (Å²) < 4.78 is 1.39. The minimum Gasteiger partial charge on any atom is -0.291 e. The second kappa shape index (κ2) is 7.30. The Balaban J connectivity index is 1.66. The van der Waals surface area contributed by atoms with Gasteiger partial charge in [0, 0.05) is 16.0 Å². The van der Waals surface area contributed by atoms with Crippen molar-refractivity contribution < 1.29 is 0 Å². The lowest BCUT2D eigenvalue weighted by Gasteiger charge is -1.95. The highest BCUT2D eigenvalue weighted by Gasteiger charge is 2.15. The molecule has 0 amide bonds. The third-order valence-corrected chi connectivity index (χ3v) is 4.96. The average Bonchev–Trinajstić information content (AvgIpc) is 3.27. The summed E-state index contributed by atoms with van der Waals surface area (Å²) in [6, 6.07) is 16.7. The zero-order chi connectivity index (χ0) is 18.8. The predicted octanol–water partition coefficient (Wildman–Crippen LogP) is 5.67. The molecule has 134 valence electrons. The van der Waals surface area contributed by atoms with Crippen LogP contribution in [0.15, 0.2) is 75.0 Å². The maximum absolute atomic E-state index is 12.7. The lowest BCUT2D eigenvalue weighted by molar-refractivity contribution is 0.827. The molecule has 4 aromatic rings. The van der Waals surface area contributed by atoms with E-state index in [1.54, 1.807) is 31.2 Å². The summed E-state index contributed by atoms with van der Waals surface area (Å²) in [4.78, 5) is 17.3. The van der Waals surface area contributed by atoms with Gasteiger partial charge in [-0.3, -0.25) is 9.89 Å². The Labute approximate surface area is 163 Å². The van der Waals surface area contributed by atoms with Crippen LogP contribution in [-0.2, 0) is 0 Å². The lowest BCUT2D eigenvalue weighted by atomic mass is 10.2. The number of aryl methyl sites for hydroxylation is 1. The minimum atomic E-state index is -0.292. The highest BCUT2D eigenvalue weighted by atomic mass is 35.5. The number of benzene rings is 2. The van der Waals surface area contributed by atoms with Gasteiger partial charge in [0.15, 0.2) is 5.69 Å². The van der Waals surface area contributed by atoms with E-state index in [1.807, 2.05) is 35.7 Å². The number of aromatic amines is 1. The van der Waals surface area contributed by atoms with E-state index < -0.39 is 0 Å². The molecule has 2 aromatic carbocycles. The van der Waals surface area contributed by atoms with Crippen LogP contribution in [0.3, 0.4) is 0 Å². The summed E-state index contributed by atoms with van der Waals surface area (Å²) in [6.45, 7) is 1.78. The van der Waals surface area contributed by atoms with Crippen molar-refractivity contribution in [1.82, 2.24) is 14.8 Å². The van der Waals surface area contributed by atoms with Crippen molar-refractivity contribution in [2.45, 2.75) is 6.92 Å². The van der Waals surface area contributed by atoms with E-state index in [1.165, 1.54) is 16.0 Å². The van der Waals surface area contributed by atoms with Crippen LogP contribution in [0.4, 0.5) is 11.4 Å². The highest BCUT2D eigenvalue weighted by Crippen LogP contribution is 2.25. The molecule has 0 fully saturated rings. The van der Waals surface area contributed by atoms with Crippen LogP contribution in [0.25, 0.3) is 16.4 Å². The van der Waals surface area contributed by atoms with Crippen LogP contribution in [0.1, 0.15) is 5.69 Å². The first-order chi connectivity index (χ1) is 13.1. The molecule has 0 aliphatic carbocycles. The molecule has 0 aliphatic rings. The number of hydrogen-bond acceptors (Lipinski definition) is 5. The van der Waals surface area contributed by atoms with Gasteiger partial charge >= 0.3 is 5.56 Å². The summed E-state index contributed by atoms with van der Waals surface area (Å²) >= 11 is 7.24. The molecule has 0 bridgehead atoms. The molecule has 0 radical (unpaired) electrons. The van der Waals surface area contributed by atoms with Crippen LogP contribution < -0.4 is 5.56 Å². The van der Waals surface area contributed by atoms with Gasteiger partial charge in [0.2, 0.25) is 5.13 Å². The van der Waals surface area contributed by atoms with Gasteiger partial charge in [-0.1, -0.05) is 41.9 Å². The maximum atomic E-state index is 12.7. The Kier molecular flexibility index (Phi) is 4.70. The number of H-pyrrole nitrogens is 1. The van der Waals surface area contributed by atoms with Gasteiger partial charge in [0.1, 0.15) is 0 Å². The Bertz CT molecular complexity index is 1160. The number of halogens is 1. The van der Waals surface area contributed by atoms with E-state index in [0.29, 0.717) is 21.5 Å². The van der Waals surface area contributed by atoms with Gasteiger partial charge < -0.3 is 0 Å². The molecule has 2 heterocycles. The molecule has 1 N–H and O–H groups in total. The van der Waals surface area contributed by atoms with Gasteiger partial charge in [-0.05, 0) is 31.2 Å². The quantitative estimate of drug-likeness (QED) is 0.452. The van der Waals surface area contributed by atoms with E-state index in [-0.39, 0.29) is 11.2 Å². The van der Waals surface area contributed by atoms with Crippen molar-refractivity contribution in [2.24, 2.45) is 10.2 Å². The molecule has 0 atom stereocenters. The molecule has 0 aliphatic heterocycles. The van der Waals surface area contributed by atoms with Crippen molar-refractivity contribution in [2.75, 3.05) is 0 Å². The van der Waals surface area contributed by atoms with E-state index in [4.69, 9.17) is 11.6 Å². The molecule has 0 saturated carbocycles. The maximum Gasteiger partial charge on any atom is 0.301 e. The molecular formula is C19H14ClN5OS. The summed E-state index contributed by atoms with van der Waals surface area (Å²) in [7, 11) is 0. The summed E-state index contributed by atoms with van der Waals surface area (Å²) in [6.07, 6.45) is 0. The smallest absolute Gasteiger partial charge is 0.291 e. The highest BCUT2D eigenvalue weighted by molar-refractivity contribution is 7.12. The van der Waals surface area contributed by atoms with Crippen LogP contribution in [0.2, 0.25) is 5.02 Å². The average molecular weight is 396 g/mol. The van der Waals surface area contributed by atoms with Gasteiger partial charge in [0.25, 0.3) is 0 Å². The normalized spacial score (nSPS) is 11.3. The fraction of sp³-hybridized carbons (Fsp3) is 0.0526. The van der Waals surface area contributed by atoms with Gasteiger partial charge in [0.05, 0.1) is 17.1 Å². The number of hydrogen-bond donors (Lipinski definition) is 1. The van der Waals surface area contributed by atoms with Crippen LogP contribution in [0, 0.1) is 6.92 Å². The van der Waals surface area contributed by atoms with E-state index in [0.717, 1.165) is 11.3 Å². The van der Waals surface area contributed by atoms with E-state index in [9.17, 15) is 4.79 Å². The number of nitrogens with zero attached hydrogens (tertiary/aromatic N) is 4. The van der Waals surface area contributed by atoms with Crippen LogP contribution >= 0.6 is 22.9 Å². The topological polar surface area (TPSA) is 75.4 Å². The fourth-order valence-electron chi connectivity index (χ4n) is 2.51. The Morgan fingerprint density at radius 3 is 2.56 bits per heavy atom. The monoisotopic (exact) mass is 395 g/mol. The first-order valence-corrected chi connectivity index (χ1v) is 9.38. The van der Waals surface area contributed by atoms with Crippen LogP contribution in [0.5, 0.6) is 0 Å². The molecule has 0 spiro atoms. The molecule has 2 aromatic heterocycles. The molecule has 0 unspecified atom stereocenters. The second-order valence-electron chi connectivity index (χ2n) is 5.78. The summed E-state index contributed by atoms with van der Waals surface area (Å²) in [5, 5.41) is 14.3. The Morgan fingerprint density at radius 2 is 1.81 bits per heavy atom. The number of rotatable bonds is 4. The zero-order valence-corrected chi connectivity index (χ0v) is 15.8. The molecule has 8 heteroatoms. The van der Waals surface area contributed by atoms with E-state index in [2.05, 4.69) is 20.3 Å². The summed E-state index contributed by atoms with van der Waals surface area (Å²) in [5.74, 6) is 0. The van der Waals surface area contributed by atoms with Crippen molar-refractivity contribution in [3.63, 3.8) is 0 Å². The second-order valence-corrected chi connectivity index (χ2v) is 7.06. The lowest BCUT2D eigenvalue weighted by Crippen LogP contribution is -2.13. The Morgan fingerprint density at radius 1 is 1.07 bits per heavy atom. The van der Waals surface area contributed by atoms with Crippen LogP contribution in [-0.4, -0.2) is 14.8 Å². The molecule has 27 heavy (non-hydrogen) atoms. The number of thiazole rings is 1. The fourth-order valence-corrected chi connectivity index (χ4v) is 3.43. The number of aromatic nitrogens is 3. The molecular weight excluding hydrogens is 382 g/mol. The minimum absolute atomic E-state index is 0.251. The summed E-state index contributed by atoms with van der Waals surface area (Å²) in [5.41, 5.74) is 3.01. The molecule has 4 rings (SSSR count). The van der Waals surface area contributed by atoms with Gasteiger partial charge in [-0.2, -0.15) is 9.80 Å². The number of nitrogens with one attached hydrogen (secondary N) is 1.